The van der Waals surface area contributed by atoms with Gasteiger partial charge >= 0.3 is 5.97 Å². The first-order chi connectivity index (χ1) is 9.95. The third-order valence-corrected chi connectivity index (χ3v) is 4.29. The van der Waals surface area contributed by atoms with Gasteiger partial charge in [0, 0.05) is 4.47 Å². The number of nitrogens with zero attached hydrogens (tertiary/aromatic N) is 2. The number of rotatable bonds is 4. The van der Waals surface area contributed by atoms with Gasteiger partial charge in [0.2, 0.25) is 5.91 Å². The highest BCUT2D eigenvalue weighted by atomic mass is 79.9. The summed E-state index contributed by atoms with van der Waals surface area (Å²) < 4.78 is 0.973. The molecule has 1 heterocycles. The van der Waals surface area contributed by atoms with Crippen molar-refractivity contribution in [1.82, 2.24) is 5.32 Å². The van der Waals surface area contributed by atoms with Crippen LogP contribution >= 0.6 is 27.7 Å². The van der Waals surface area contributed by atoms with E-state index in [0.717, 1.165) is 21.8 Å². The molecule has 1 aromatic carbocycles. The topological polar surface area (TPSA) is 91.1 Å². The second-order valence-corrected chi connectivity index (χ2v) is 6.40. The molecule has 110 valence electrons. The summed E-state index contributed by atoms with van der Waals surface area (Å²) in [6.45, 7) is 1.81. The van der Waals surface area contributed by atoms with Gasteiger partial charge in [-0.1, -0.05) is 39.8 Å². The largest absolute Gasteiger partial charge is 0.481 e. The summed E-state index contributed by atoms with van der Waals surface area (Å²) in [5.74, 6) is -1.36. The van der Waals surface area contributed by atoms with Crippen LogP contribution in [0.5, 0.6) is 0 Å². The summed E-state index contributed by atoms with van der Waals surface area (Å²) in [5.41, 5.74) is 1.62. The molecule has 0 bridgehead atoms. The molecule has 0 aromatic heterocycles. The Balaban J connectivity index is 2.07. The Morgan fingerprint density at radius 2 is 2.10 bits per heavy atom. The average Bonchev–Trinajstić information content (AvgIpc) is 2.77. The number of halogens is 1. The Morgan fingerprint density at radius 1 is 1.43 bits per heavy atom. The molecule has 21 heavy (non-hydrogen) atoms. The van der Waals surface area contributed by atoms with Gasteiger partial charge in [0.15, 0.2) is 5.17 Å². The summed E-state index contributed by atoms with van der Waals surface area (Å²) in [6, 6.07) is 7.60. The summed E-state index contributed by atoms with van der Waals surface area (Å²) in [6.07, 6.45) is -0.231. The van der Waals surface area contributed by atoms with Gasteiger partial charge in [0.25, 0.3) is 0 Å². The lowest BCUT2D eigenvalue weighted by Gasteiger charge is -1.99. The standard InChI is InChI=1S/C13H12BrN3O3S/c1-7(8-2-4-9(14)5-3-8)16-17-13-15-12(20)10(21-13)6-11(18)19/h2-5,10H,6H2,1H3,(H,18,19)(H,15,17,20)/b16-7+. The highest BCUT2D eigenvalue weighted by Gasteiger charge is 2.32. The number of carbonyl (C=O) groups excluding carboxylic acids is 1. The van der Waals surface area contributed by atoms with Gasteiger partial charge in [0.1, 0.15) is 5.25 Å². The summed E-state index contributed by atoms with van der Waals surface area (Å²) >= 11 is 4.43. The minimum Gasteiger partial charge on any atom is -0.481 e. The van der Waals surface area contributed by atoms with Crippen LogP contribution in [0.3, 0.4) is 0 Å². The van der Waals surface area contributed by atoms with E-state index >= 15 is 0 Å². The molecule has 1 fully saturated rings. The van der Waals surface area contributed by atoms with Crippen LogP contribution in [-0.4, -0.2) is 33.1 Å². The van der Waals surface area contributed by atoms with E-state index in [1.807, 2.05) is 31.2 Å². The fraction of sp³-hybridized carbons (Fsp3) is 0.231. The highest BCUT2D eigenvalue weighted by Crippen LogP contribution is 2.22. The number of aliphatic carboxylic acids is 1. The van der Waals surface area contributed by atoms with Gasteiger partial charge in [-0.2, -0.15) is 5.10 Å². The van der Waals surface area contributed by atoms with Crippen molar-refractivity contribution in [3.63, 3.8) is 0 Å². The van der Waals surface area contributed by atoms with Crippen LogP contribution in [0.15, 0.2) is 38.9 Å². The molecule has 1 saturated heterocycles. The Hall–Kier alpha value is -1.67. The zero-order chi connectivity index (χ0) is 15.4. The van der Waals surface area contributed by atoms with Crippen molar-refractivity contribution in [2.45, 2.75) is 18.6 Å². The van der Waals surface area contributed by atoms with Gasteiger partial charge in [0.05, 0.1) is 12.1 Å². The Kier molecular flexibility index (Phi) is 5.13. The number of hydrogen-bond donors (Lipinski definition) is 2. The molecule has 1 aromatic rings. The minimum absolute atomic E-state index is 0.231. The zero-order valence-electron chi connectivity index (χ0n) is 11.0. The van der Waals surface area contributed by atoms with Crippen LogP contribution in [0, 0.1) is 0 Å². The van der Waals surface area contributed by atoms with E-state index < -0.39 is 11.2 Å². The van der Waals surface area contributed by atoms with Crippen LogP contribution in [0.1, 0.15) is 18.9 Å². The highest BCUT2D eigenvalue weighted by molar-refractivity contribution is 9.10. The maximum absolute atomic E-state index is 11.5. The molecule has 1 amide bonds. The second kappa shape index (κ2) is 6.86. The number of hydrogen-bond acceptors (Lipinski definition) is 5. The Morgan fingerprint density at radius 3 is 2.71 bits per heavy atom. The van der Waals surface area contributed by atoms with Crippen LogP contribution in [-0.2, 0) is 9.59 Å². The molecule has 0 radical (unpaired) electrons. The summed E-state index contributed by atoms with van der Waals surface area (Å²) in [5, 5.41) is 18.9. The lowest BCUT2D eigenvalue weighted by molar-refractivity contribution is -0.138. The molecular formula is C13H12BrN3O3S. The molecule has 0 saturated carbocycles. The van der Waals surface area contributed by atoms with E-state index in [1.165, 1.54) is 0 Å². The molecule has 8 heteroatoms. The van der Waals surface area contributed by atoms with Crippen LogP contribution in [0.4, 0.5) is 0 Å². The SMILES string of the molecule is C/C(=N\N=C1/NC(=O)C(CC(=O)O)S1)c1ccc(Br)cc1. The summed E-state index contributed by atoms with van der Waals surface area (Å²) in [4.78, 5) is 22.2. The predicted molar refractivity (Wildman–Crippen MR) is 85.6 cm³/mol. The number of carboxylic acid groups (broad SMARTS) is 1. The molecule has 6 nitrogen and oxygen atoms in total. The molecular weight excluding hydrogens is 358 g/mol. The molecule has 2 rings (SSSR count). The van der Waals surface area contributed by atoms with Crippen molar-refractivity contribution >= 4 is 50.4 Å². The smallest absolute Gasteiger partial charge is 0.305 e. The number of amidine groups is 1. The molecule has 1 atom stereocenters. The molecule has 1 aliphatic heterocycles. The number of carboxylic acids is 1. The van der Waals surface area contributed by atoms with Gasteiger partial charge in [-0.25, -0.2) is 0 Å². The molecule has 0 spiro atoms. The normalized spacial score (nSPS) is 20.7. The number of nitrogens with one attached hydrogen (secondary N) is 1. The van der Waals surface area contributed by atoms with Crippen LogP contribution < -0.4 is 5.32 Å². The Bertz CT molecular complexity index is 628. The molecule has 1 unspecified atom stereocenters. The van der Waals surface area contributed by atoms with Crippen molar-refractivity contribution < 1.29 is 14.7 Å². The first-order valence-electron chi connectivity index (χ1n) is 6.03. The fourth-order valence-electron chi connectivity index (χ4n) is 1.61. The third-order valence-electron chi connectivity index (χ3n) is 2.69. The third kappa shape index (κ3) is 4.40. The molecule has 2 N–H and O–H groups in total. The predicted octanol–water partition coefficient (Wildman–Crippen LogP) is 2.24. The second-order valence-electron chi connectivity index (χ2n) is 4.29. The molecule has 0 aliphatic carbocycles. The monoisotopic (exact) mass is 369 g/mol. The van der Waals surface area contributed by atoms with Crippen molar-refractivity contribution in [3.8, 4) is 0 Å². The van der Waals surface area contributed by atoms with E-state index in [-0.39, 0.29) is 12.3 Å². The van der Waals surface area contributed by atoms with E-state index in [9.17, 15) is 9.59 Å². The van der Waals surface area contributed by atoms with E-state index in [1.54, 1.807) is 0 Å². The van der Waals surface area contributed by atoms with Crippen molar-refractivity contribution in [1.29, 1.82) is 0 Å². The first-order valence-corrected chi connectivity index (χ1v) is 7.70. The van der Waals surface area contributed by atoms with E-state index in [2.05, 4.69) is 31.4 Å². The van der Waals surface area contributed by atoms with Crippen LogP contribution in [0.25, 0.3) is 0 Å². The van der Waals surface area contributed by atoms with Gasteiger partial charge in [-0.05, 0) is 24.6 Å². The number of benzene rings is 1. The maximum atomic E-state index is 11.5. The number of carbonyl (C=O) groups is 2. The first kappa shape index (κ1) is 15.7. The lowest BCUT2D eigenvalue weighted by atomic mass is 10.1. The summed E-state index contributed by atoms with van der Waals surface area (Å²) in [7, 11) is 0. The van der Waals surface area contributed by atoms with Crippen molar-refractivity contribution in [2.24, 2.45) is 10.2 Å². The van der Waals surface area contributed by atoms with Gasteiger partial charge in [-0.15, -0.1) is 5.10 Å². The quantitative estimate of drug-likeness (QED) is 0.628. The van der Waals surface area contributed by atoms with Crippen LogP contribution in [0.2, 0.25) is 0 Å². The average molecular weight is 370 g/mol. The van der Waals surface area contributed by atoms with Gasteiger partial charge < -0.3 is 10.4 Å². The minimum atomic E-state index is -1.02. The van der Waals surface area contributed by atoms with Gasteiger partial charge in [-0.3, -0.25) is 9.59 Å². The van der Waals surface area contributed by atoms with Crippen molar-refractivity contribution in [3.05, 3.63) is 34.3 Å². The fourth-order valence-corrected chi connectivity index (χ4v) is 2.79. The van der Waals surface area contributed by atoms with Crippen molar-refractivity contribution in [2.75, 3.05) is 0 Å². The Labute approximate surface area is 133 Å². The molecule has 1 aliphatic rings. The maximum Gasteiger partial charge on any atom is 0.305 e. The van der Waals surface area contributed by atoms with E-state index in [4.69, 9.17) is 5.11 Å². The van der Waals surface area contributed by atoms with E-state index in [0.29, 0.717) is 10.9 Å². The lowest BCUT2D eigenvalue weighted by Crippen LogP contribution is -2.26. The number of amides is 1. The number of thioether (sulfide) groups is 1. The zero-order valence-corrected chi connectivity index (χ0v) is 13.4.